The molecule has 4 aromatic heterocycles. The third-order valence-electron chi connectivity index (χ3n) is 18.8. The molecular formula is C92H84N12O8Pt4. The summed E-state index contributed by atoms with van der Waals surface area (Å²) in [7, 11) is 0. The molecule has 0 radical (unpaired) electrons. The summed E-state index contributed by atoms with van der Waals surface area (Å²) >= 11 is 0. The van der Waals surface area contributed by atoms with Crippen LogP contribution in [0, 0.1) is 50.9 Å². The van der Waals surface area contributed by atoms with E-state index >= 15 is 0 Å². The van der Waals surface area contributed by atoms with Crippen LogP contribution in [0.15, 0.2) is 317 Å². The molecule has 0 saturated carbocycles. The molecule has 24 heteroatoms. The molecule has 0 saturated heterocycles. The number of hydrogen-bond acceptors (Lipinski definition) is 20. The van der Waals surface area contributed by atoms with Crippen LogP contribution in [0.5, 0.6) is 58.0 Å². The van der Waals surface area contributed by atoms with Crippen LogP contribution in [-0.2, 0) is 106 Å². The summed E-state index contributed by atoms with van der Waals surface area (Å²) in [5, 5.41) is 43.3. The van der Waals surface area contributed by atoms with E-state index in [4.69, 9.17) is 34.1 Å². The molecule has 8 aromatic carbocycles. The smallest absolute Gasteiger partial charge is 0.506 e. The fourth-order valence-electron chi connectivity index (χ4n) is 12.1. The van der Waals surface area contributed by atoms with E-state index in [2.05, 4.69) is 125 Å². The molecule has 4 N–H and O–H groups in total. The standard InChI is InChI=1S/C26H27N3O.2C23H21N3O2.C20H15N3O3.4Pt/c1-25(2,20-11-6-5-7-12-20)23-15-10-16-24(27-23)26(3,4)29-18-17-28(19-29)21-13-8-9-14-22(21)30;1-23(2,26-16-15-25(17-26)19-11-6-7-12-20(19)27)21-13-8-14-22(24-21)28-18-9-4-3-5-10-18;1-23(2,18-9-4-3-5-10-18)21-13-8-14-22(24-21)28-26-16-15-25(17-26)19-11-6-7-12-20(19)27;24-18-10-5-4-9-17(18)22-13-14-23(15-22)26-20-12-6-11-19(21-20)25-16-7-2-1-3-8-16;;;;/h5-11,13-19,30H,1-4H3;2*3-9,11-17,27H,1-2H3;1-7,9-15,24H;;;;/q4*-2;4*+2. The molecule has 12 aromatic rings. The van der Waals surface area contributed by atoms with E-state index in [-0.39, 0.29) is 124 Å². The van der Waals surface area contributed by atoms with Crippen molar-refractivity contribution in [2.75, 3.05) is 19.6 Å². The van der Waals surface area contributed by atoms with Gasteiger partial charge in [-0.2, -0.15) is 113 Å². The van der Waals surface area contributed by atoms with Crippen LogP contribution in [0.25, 0.3) is 0 Å². The van der Waals surface area contributed by atoms with Gasteiger partial charge in [0.2, 0.25) is 23.5 Å². The van der Waals surface area contributed by atoms with E-state index in [1.807, 2.05) is 212 Å². The number of rotatable bonds is 20. The van der Waals surface area contributed by atoms with Gasteiger partial charge in [0.25, 0.3) is 0 Å². The molecule has 8 heterocycles. The van der Waals surface area contributed by atoms with Gasteiger partial charge in [0.1, 0.15) is 23.0 Å². The van der Waals surface area contributed by atoms with Crippen LogP contribution in [0.1, 0.15) is 89.3 Å². The Morgan fingerprint density at radius 1 is 0.284 bits per heavy atom. The third-order valence-corrected chi connectivity index (χ3v) is 18.8. The van der Waals surface area contributed by atoms with Crippen LogP contribution in [-0.4, -0.2) is 60.3 Å². The van der Waals surface area contributed by atoms with Gasteiger partial charge in [0.15, 0.2) is 0 Å². The molecular weight excluding hydrogens is 2180 g/mol. The first-order valence-electron chi connectivity index (χ1n) is 36.2. The number of phenolic OH excluding ortho intramolecular Hbond substituents is 4. The Labute approximate surface area is 736 Å². The Bertz CT molecular complexity index is 5270. The van der Waals surface area contributed by atoms with Crippen molar-refractivity contribution in [3.05, 3.63) is 401 Å². The van der Waals surface area contributed by atoms with Crippen molar-refractivity contribution in [3.8, 4) is 58.0 Å². The summed E-state index contributed by atoms with van der Waals surface area (Å²) in [6.45, 7) is 24.4. The van der Waals surface area contributed by atoms with Gasteiger partial charge in [-0.25, -0.2) is 9.97 Å². The summed E-state index contributed by atoms with van der Waals surface area (Å²) in [4.78, 5) is 41.9. The van der Waals surface area contributed by atoms with E-state index in [0.29, 0.717) is 46.4 Å². The number of pyridine rings is 4. The number of para-hydroxylation sites is 10. The zero-order valence-corrected chi connectivity index (χ0v) is 73.5. The van der Waals surface area contributed by atoms with Crippen molar-refractivity contribution in [2.45, 2.75) is 77.3 Å². The van der Waals surface area contributed by atoms with Gasteiger partial charge in [0, 0.05) is 64.7 Å². The van der Waals surface area contributed by atoms with E-state index in [1.54, 1.807) is 126 Å². The number of nitrogens with zero attached hydrogens (tertiary/aromatic N) is 12. The van der Waals surface area contributed by atoms with Crippen molar-refractivity contribution in [1.29, 1.82) is 0 Å². The van der Waals surface area contributed by atoms with E-state index in [0.717, 1.165) is 45.3 Å². The summed E-state index contributed by atoms with van der Waals surface area (Å²) in [6.07, 6.45) is 14.9. The van der Waals surface area contributed by atoms with Crippen LogP contribution >= 0.6 is 0 Å². The van der Waals surface area contributed by atoms with E-state index in [9.17, 15) is 20.4 Å². The zero-order valence-electron chi connectivity index (χ0n) is 64.4. The molecule has 0 amide bonds. The van der Waals surface area contributed by atoms with Crippen molar-refractivity contribution in [2.24, 2.45) is 0 Å². The van der Waals surface area contributed by atoms with Gasteiger partial charge >= 0.3 is 84.3 Å². The van der Waals surface area contributed by atoms with Crippen molar-refractivity contribution in [3.63, 3.8) is 0 Å². The number of aromatic hydroxyl groups is 4. The molecule has 0 bridgehead atoms. The molecule has 0 atom stereocenters. The van der Waals surface area contributed by atoms with Gasteiger partial charge in [0.05, 0.1) is 50.9 Å². The van der Waals surface area contributed by atoms with Gasteiger partial charge in [-0.15, -0.1) is 50.9 Å². The predicted octanol–water partition coefficient (Wildman–Crippen LogP) is 19.3. The average molecular weight is 2270 g/mol. The molecule has 16 rings (SSSR count). The molecule has 0 aliphatic carbocycles. The summed E-state index contributed by atoms with van der Waals surface area (Å²) in [6, 6.07) is 95.1. The Morgan fingerprint density at radius 3 is 0.974 bits per heavy atom. The number of aromatic nitrogens is 4. The van der Waals surface area contributed by atoms with Crippen molar-refractivity contribution < 1.29 is 124 Å². The first-order chi connectivity index (χ1) is 54.1. The quantitative estimate of drug-likeness (QED) is 0.0526. The minimum atomic E-state index is -0.421. The third kappa shape index (κ3) is 21.9. The number of hydrogen-bond donors (Lipinski definition) is 4. The van der Waals surface area contributed by atoms with Gasteiger partial charge in [-0.3, -0.25) is 4.98 Å². The normalized spacial score (nSPS) is 13.3. The Morgan fingerprint density at radius 2 is 0.586 bits per heavy atom. The predicted molar refractivity (Wildman–Crippen MR) is 433 cm³/mol. The molecule has 0 unspecified atom stereocenters. The molecule has 0 fully saturated rings. The average Bonchev–Trinajstić information content (AvgIpc) is 1.79. The number of phenols is 4. The second kappa shape index (κ2) is 40.4. The fraction of sp³-hybridized carbons (Fsp3) is 0.130. The fourth-order valence-corrected chi connectivity index (χ4v) is 12.1. The maximum atomic E-state index is 10.2. The van der Waals surface area contributed by atoms with Crippen LogP contribution in [0.3, 0.4) is 0 Å². The topological polar surface area (TPSA) is 195 Å². The zero-order chi connectivity index (χ0) is 78.2. The van der Waals surface area contributed by atoms with Crippen LogP contribution < -0.4 is 38.7 Å². The van der Waals surface area contributed by atoms with Gasteiger partial charge in [-0.1, -0.05) is 100 Å². The first kappa shape index (κ1) is 88.8. The molecule has 4 aliphatic heterocycles. The number of ether oxygens (including phenoxy) is 2. The molecule has 20 nitrogen and oxygen atoms in total. The second-order valence-electron chi connectivity index (χ2n) is 28.0. The summed E-state index contributed by atoms with van der Waals surface area (Å²) in [5.41, 5.74) is 7.38. The van der Waals surface area contributed by atoms with Crippen LogP contribution in [0.2, 0.25) is 0 Å². The maximum Gasteiger partial charge on any atom is 2.00 e. The number of hydroxylamine groups is 4. The van der Waals surface area contributed by atoms with Crippen LogP contribution in [0.4, 0.5) is 22.7 Å². The van der Waals surface area contributed by atoms with Gasteiger partial charge in [-0.05, 0) is 138 Å². The van der Waals surface area contributed by atoms with Gasteiger partial charge < -0.3 is 79.1 Å². The first-order valence-corrected chi connectivity index (χ1v) is 36.2. The maximum absolute atomic E-state index is 10.2. The van der Waals surface area contributed by atoms with Crippen molar-refractivity contribution >= 4 is 22.7 Å². The monoisotopic (exact) mass is 2260 g/mol. The summed E-state index contributed by atoms with van der Waals surface area (Å²) < 4.78 is 11.5. The molecule has 4 aliphatic rings. The van der Waals surface area contributed by atoms with E-state index < -0.39 is 5.54 Å². The minimum absolute atomic E-state index is 0. The van der Waals surface area contributed by atoms with Crippen molar-refractivity contribution in [1.82, 2.24) is 39.9 Å². The second-order valence-corrected chi connectivity index (χ2v) is 28.0. The Hall–Kier alpha value is -11.1. The minimum Gasteiger partial charge on any atom is -0.506 e. The largest absolute Gasteiger partial charge is 2.00 e. The molecule has 0 spiro atoms. The number of benzene rings is 8. The molecule has 600 valence electrons. The Balaban J connectivity index is 0.000000175. The molecule has 116 heavy (non-hydrogen) atoms. The SMILES string of the molecule is CC(C)(c1[c-]cccc1)c1cccc(C(C)(C)N2C=CN(c3ccccc3O)[CH-]2)n1.CC(C)(c1[c-]cccc1)c1cccc(ON2C=CN(c3ccccc3O)[CH-]2)n1.CC(C)(c1cccc(Oc2[c-]cccc2)n1)N1C=CN(c2ccccc2O)[CH-]1.Oc1ccccc1N1C=CN(Oc2cccc(Oc3[c-]cccc3)n2)[CH-]1.[Pt+2].[Pt+2].[Pt+2].[Pt+2]. The Kier molecular flexibility index (Phi) is 31.0. The number of anilines is 4. The van der Waals surface area contributed by atoms with E-state index in [1.165, 1.54) is 5.06 Å². The summed E-state index contributed by atoms with van der Waals surface area (Å²) in [5.74, 6) is 3.86.